The van der Waals surface area contributed by atoms with Crippen molar-refractivity contribution in [3.63, 3.8) is 0 Å². The Bertz CT molecular complexity index is 783. The number of hydrogen-bond donors (Lipinski definition) is 2. The van der Waals surface area contributed by atoms with Crippen LogP contribution in [0.15, 0.2) is 48.5 Å². The zero-order valence-electron chi connectivity index (χ0n) is 14.4. The number of rotatable bonds is 5. The van der Waals surface area contributed by atoms with Crippen LogP contribution in [-0.4, -0.2) is 25.7 Å². The normalized spacial score (nSPS) is 16.2. The molecule has 1 aliphatic heterocycles. The average molecular weight is 352 g/mol. The fourth-order valence-corrected chi connectivity index (χ4v) is 3.10. The Labute approximate surface area is 152 Å². The van der Waals surface area contributed by atoms with E-state index in [9.17, 15) is 9.18 Å². The highest BCUT2D eigenvalue weighted by Crippen LogP contribution is 2.23. The zero-order valence-corrected chi connectivity index (χ0v) is 14.4. The fourth-order valence-electron chi connectivity index (χ4n) is 3.10. The first-order chi connectivity index (χ1) is 12.6. The number of halogens is 1. The van der Waals surface area contributed by atoms with Gasteiger partial charge >= 0.3 is 6.03 Å². The summed E-state index contributed by atoms with van der Waals surface area (Å²) in [4.78, 5) is 14.2. The Morgan fingerprint density at radius 3 is 2.62 bits per heavy atom. The summed E-state index contributed by atoms with van der Waals surface area (Å²) in [6.07, 6.45) is 1.35. The maximum atomic E-state index is 13.0. The lowest BCUT2D eigenvalue weighted by Crippen LogP contribution is -2.34. The van der Waals surface area contributed by atoms with Gasteiger partial charge in [-0.3, -0.25) is 0 Å². The molecule has 0 unspecified atom stereocenters. The van der Waals surface area contributed by atoms with E-state index in [1.165, 1.54) is 12.1 Å². The molecular weight excluding hydrogens is 331 g/mol. The maximum Gasteiger partial charge on any atom is 0.319 e. The largest absolute Gasteiger partial charge is 0.371 e. The van der Waals surface area contributed by atoms with E-state index in [1.807, 2.05) is 12.1 Å². The molecule has 0 aromatic heterocycles. The number of hydrogen-bond acceptors (Lipinski definition) is 3. The minimum atomic E-state index is -0.238. The molecule has 0 bridgehead atoms. The van der Waals surface area contributed by atoms with Crippen LogP contribution in [-0.2, 0) is 6.42 Å². The summed E-state index contributed by atoms with van der Waals surface area (Å²) >= 11 is 0. The maximum absolute atomic E-state index is 13.0. The molecule has 2 amide bonds. The van der Waals surface area contributed by atoms with Crippen molar-refractivity contribution in [3.05, 3.63) is 59.9 Å². The van der Waals surface area contributed by atoms with Gasteiger partial charge in [-0.15, -0.1) is 0 Å². The third-order valence-corrected chi connectivity index (χ3v) is 4.52. The molecular formula is C20H21FN4O. The van der Waals surface area contributed by atoms with Gasteiger partial charge in [-0.1, -0.05) is 12.1 Å². The number of nitrogens with one attached hydrogen (secondary N) is 2. The van der Waals surface area contributed by atoms with E-state index in [0.29, 0.717) is 24.6 Å². The Hall–Kier alpha value is -3.07. The first kappa shape index (κ1) is 17.7. The van der Waals surface area contributed by atoms with Crippen LogP contribution in [0.5, 0.6) is 0 Å². The predicted octanol–water partition coefficient (Wildman–Crippen LogP) is 3.54. The molecule has 134 valence electrons. The highest BCUT2D eigenvalue weighted by atomic mass is 19.1. The lowest BCUT2D eigenvalue weighted by molar-refractivity contribution is 0.250. The molecule has 1 aliphatic rings. The van der Waals surface area contributed by atoms with Crippen LogP contribution >= 0.6 is 0 Å². The summed E-state index contributed by atoms with van der Waals surface area (Å²) in [5.41, 5.74) is 2.63. The summed E-state index contributed by atoms with van der Waals surface area (Å²) in [5, 5.41) is 14.4. The van der Waals surface area contributed by atoms with Gasteiger partial charge < -0.3 is 15.5 Å². The van der Waals surface area contributed by atoms with Crippen LogP contribution < -0.4 is 15.5 Å². The number of urea groups is 1. The molecule has 0 aliphatic carbocycles. The van der Waals surface area contributed by atoms with Gasteiger partial charge in [0, 0.05) is 31.0 Å². The molecule has 26 heavy (non-hydrogen) atoms. The second kappa shape index (κ2) is 8.34. The van der Waals surface area contributed by atoms with Gasteiger partial charge in [0.15, 0.2) is 0 Å². The Balaban J connectivity index is 1.43. The van der Waals surface area contributed by atoms with Crippen LogP contribution in [0.4, 0.5) is 20.6 Å². The first-order valence-electron chi connectivity index (χ1n) is 8.65. The molecule has 0 radical (unpaired) electrons. The molecule has 1 fully saturated rings. The third-order valence-electron chi connectivity index (χ3n) is 4.52. The third kappa shape index (κ3) is 4.73. The van der Waals surface area contributed by atoms with E-state index in [4.69, 9.17) is 5.26 Å². The van der Waals surface area contributed by atoms with E-state index >= 15 is 0 Å². The molecule has 1 saturated heterocycles. The van der Waals surface area contributed by atoms with E-state index in [2.05, 4.69) is 21.6 Å². The number of benzene rings is 2. The summed E-state index contributed by atoms with van der Waals surface area (Å²) < 4.78 is 13.0. The molecule has 2 aromatic rings. The van der Waals surface area contributed by atoms with Crippen LogP contribution in [0.25, 0.3) is 0 Å². The zero-order chi connectivity index (χ0) is 18.4. The second-order valence-electron chi connectivity index (χ2n) is 6.44. The molecule has 0 spiro atoms. The van der Waals surface area contributed by atoms with Crippen LogP contribution in [0.2, 0.25) is 0 Å². The van der Waals surface area contributed by atoms with Gasteiger partial charge in [0.05, 0.1) is 12.5 Å². The fraction of sp³-hybridized carbons (Fsp3) is 0.300. The molecule has 3 rings (SSSR count). The van der Waals surface area contributed by atoms with Gasteiger partial charge in [-0.2, -0.15) is 5.26 Å². The standard InChI is InChI=1S/C20H21FN4O/c21-17-3-7-19(8-4-17)25-12-10-16(14-25)13-23-20(26)24-18-5-1-15(2-6-18)9-11-22/h1-8,16H,9-10,12-14H2,(H2,23,24,26)/t16-/m0/s1. The topological polar surface area (TPSA) is 68.2 Å². The van der Waals surface area contributed by atoms with E-state index in [-0.39, 0.29) is 11.8 Å². The molecule has 2 aromatic carbocycles. The van der Waals surface area contributed by atoms with Crippen molar-refractivity contribution in [1.82, 2.24) is 5.32 Å². The Morgan fingerprint density at radius 1 is 1.19 bits per heavy atom. The van der Waals surface area contributed by atoms with Crippen molar-refractivity contribution in [3.8, 4) is 6.07 Å². The molecule has 6 heteroatoms. The molecule has 1 heterocycles. The number of nitriles is 1. The van der Waals surface area contributed by atoms with E-state index < -0.39 is 0 Å². The van der Waals surface area contributed by atoms with Crippen LogP contribution in [0, 0.1) is 23.1 Å². The van der Waals surface area contributed by atoms with Crippen molar-refractivity contribution < 1.29 is 9.18 Å². The highest BCUT2D eigenvalue weighted by molar-refractivity contribution is 5.89. The summed E-state index contributed by atoms with van der Waals surface area (Å²) in [6, 6.07) is 15.6. The predicted molar refractivity (Wildman–Crippen MR) is 99.5 cm³/mol. The molecule has 0 saturated carbocycles. The van der Waals surface area contributed by atoms with Gasteiger partial charge in [-0.05, 0) is 54.3 Å². The smallest absolute Gasteiger partial charge is 0.319 e. The number of anilines is 2. The van der Waals surface area contributed by atoms with Crippen molar-refractivity contribution in [2.45, 2.75) is 12.8 Å². The minimum absolute atomic E-state index is 0.233. The minimum Gasteiger partial charge on any atom is -0.371 e. The van der Waals surface area contributed by atoms with Crippen molar-refractivity contribution in [2.24, 2.45) is 5.92 Å². The van der Waals surface area contributed by atoms with Gasteiger partial charge in [0.1, 0.15) is 5.82 Å². The number of carbonyl (C=O) groups excluding carboxylic acids is 1. The van der Waals surface area contributed by atoms with E-state index in [1.54, 1.807) is 24.3 Å². The van der Waals surface area contributed by atoms with E-state index in [0.717, 1.165) is 30.8 Å². The number of carbonyl (C=O) groups is 1. The van der Waals surface area contributed by atoms with Crippen molar-refractivity contribution in [1.29, 1.82) is 5.26 Å². The molecule has 2 N–H and O–H groups in total. The van der Waals surface area contributed by atoms with Gasteiger partial charge in [-0.25, -0.2) is 9.18 Å². The van der Waals surface area contributed by atoms with Crippen LogP contribution in [0.3, 0.4) is 0 Å². The van der Waals surface area contributed by atoms with Crippen LogP contribution in [0.1, 0.15) is 12.0 Å². The lowest BCUT2D eigenvalue weighted by Gasteiger charge is -2.19. The quantitative estimate of drug-likeness (QED) is 0.865. The second-order valence-corrected chi connectivity index (χ2v) is 6.44. The van der Waals surface area contributed by atoms with Crippen molar-refractivity contribution >= 4 is 17.4 Å². The Morgan fingerprint density at radius 2 is 1.92 bits per heavy atom. The van der Waals surface area contributed by atoms with Gasteiger partial charge in [0.25, 0.3) is 0 Å². The monoisotopic (exact) mass is 352 g/mol. The summed E-state index contributed by atoms with van der Waals surface area (Å²) in [5.74, 6) is 0.132. The summed E-state index contributed by atoms with van der Waals surface area (Å²) in [6.45, 7) is 2.34. The number of nitrogens with zero attached hydrogens (tertiary/aromatic N) is 2. The average Bonchev–Trinajstić information content (AvgIpc) is 3.11. The lowest BCUT2D eigenvalue weighted by atomic mass is 10.1. The molecule has 1 atom stereocenters. The highest BCUT2D eigenvalue weighted by Gasteiger charge is 2.23. The SMILES string of the molecule is N#CCc1ccc(NC(=O)NC[C@@H]2CCN(c3ccc(F)cc3)C2)cc1. The summed E-state index contributed by atoms with van der Waals surface area (Å²) in [7, 11) is 0. The van der Waals surface area contributed by atoms with Gasteiger partial charge in [0.2, 0.25) is 0 Å². The first-order valence-corrected chi connectivity index (χ1v) is 8.65. The number of amides is 2. The Kier molecular flexibility index (Phi) is 5.69. The van der Waals surface area contributed by atoms with Crippen molar-refractivity contribution in [2.75, 3.05) is 29.9 Å². The molecule has 5 nitrogen and oxygen atoms in total.